The van der Waals surface area contributed by atoms with Gasteiger partial charge in [0.2, 0.25) is 5.91 Å². The van der Waals surface area contributed by atoms with E-state index in [9.17, 15) is 25.0 Å². The number of non-ortho nitro benzene ring substituents is 1. The molecule has 3 rings (SSSR count). The number of amides is 2. The van der Waals surface area contributed by atoms with Crippen LogP contribution < -0.4 is 10.2 Å². The van der Waals surface area contributed by atoms with Crippen LogP contribution in [0.3, 0.4) is 0 Å². The number of aryl methyl sites for hydroxylation is 1. The van der Waals surface area contributed by atoms with Crippen molar-refractivity contribution >= 4 is 35.0 Å². The molecular formula is C21H18N4O4S. The van der Waals surface area contributed by atoms with E-state index in [2.05, 4.69) is 5.32 Å². The lowest BCUT2D eigenvalue weighted by atomic mass is 10.1. The summed E-state index contributed by atoms with van der Waals surface area (Å²) in [6, 6.07) is 15.2. The van der Waals surface area contributed by atoms with Crippen molar-refractivity contribution in [3.63, 3.8) is 0 Å². The molecule has 2 aromatic carbocycles. The molecule has 1 unspecified atom stereocenters. The van der Waals surface area contributed by atoms with Gasteiger partial charge in [-0.1, -0.05) is 41.6 Å². The largest absolute Gasteiger partial charge is 0.354 e. The maximum Gasteiger partial charge on any atom is 0.269 e. The van der Waals surface area contributed by atoms with E-state index in [0.717, 1.165) is 17.3 Å². The zero-order valence-electron chi connectivity index (χ0n) is 16.3. The SMILES string of the molecule is CNC(=O)C(C#N)=C1SC(Cc2cccc([N+](=O)[O-])c2)C(=O)N1c1ccc(C)cc1. The molecule has 1 aliphatic heterocycles. The predicted molar refractivity (Wildman–Crippen MR) is 114 cm³/mol. The van der Waals surface area contributed by atoms with E-state index < -0.39 is 16.1 Å². The van der Waals surface area contributed by atoms with Crippen molar-refractivity contribution < 1.29 is 14.5 Å². The maximum absolute atomic E-state index is 13.3. The van der Waals surface area contributed by atoms with Gasteiger partial charge >= 0.3 is 0 Å². The van der Waals surface area contributed by atoms with Gasteiger partial charge in [-0.15, -0.1) is 0 Å². The lowest BCUT2D eigenvalue weighted by molar-refractivity contribution is -0.384. The van der Waals surface area contributed by atoms with E-state index in [4.69, 9.17) is 0 Å². The van der Waals surface area contributed by atoms with Crippen molar-refractivity contribution in [1.29, 1.82) is 5.26 Å². The van der Waals surface area contributed by atoms with Crippen molar-refractivity contribution in [3.8, 4) is 6.07 Å². The van der Waals surface area contributed by atoms with Gasteiger partial charge in [-0.25, -0.2) is 0 Å². The second kappa shape index (κ2) is 8.80. The number of carbonyl (C=O) groups excluding carboxylic acids is 2. The average molecular weight is 422 g/mol. The Morgan fingerprint density at radius 2 is 2.00 bits per heavy atom. The minimum absolute atomic E-state index is 0.0582. The molecule has 0 saturated carbocycles. The number of carbonyl (C=O) groups is 2. The first-order valence-corrected chi connectivity index (χ1v) is 9.90. The minimum atomic E-state index is -0.628. The summed E-state index contributed by atoms with van der Waals surface area (Å²) in [6.07, 6.45) is 0.226. The summed E-state index contributed by atoms with van der Waals surface area (Å²) in [4.78, 5) is 37.4. The number of thioether (sulfide) groups is 1. The van der Waals surface area contributed by atoms with E-state index in [1.165, 1.54) is 24.1 Å². The minimum Gasteiger partial charge on any atom is -0.354 e. The van der Waals surface area contributed by atoms with Gasteiger partial charge in [-0.05, 0) is 31.0 Å². The lowest BCUT2D eigenvalue weighted by Gasteiger charge is -2.18. The Kier molecular flexibility index (Phi) is 6.18. The molecule has 0 aliphatic carbocycles. The van der Waals surface area contributed by atoms with Crippen LogP contribution in [0.4, 0.5) is 11.4 Å². The number of nitrogens with one attached hydrogen (secondary N) is 1. The lowest BCUT2D eigenvalue weighted by Crippen LogP contribution is -2.31. The third-order valence-electron chi connectivity index (χ3n) is 4.57. The molecule has 0 aromatic heterocycles. The summed E-state index contributed by atoms with van der Waals surface area (Å²) in [6.45, 7) is 1.91. The van der Waals surface area contributed by atoms with Crippen molar-refractivity contribution in [2.24, 2.45) is 0 Å². The third kappa shape index (κ3) is 4.18. The molecule has 1 saturated heterocycles. The standard InChI is InChI=1S/C21H18N4O4S/c1-13-6-8-15(9-7-13)24-20(27)18(30-21(24)17(12-22)19(26)23-2)11-14-4-3-5-16(10-14)25(28)29/h3-10,18H,11H2,1-2H3,(H,23,26). The van der Waals surface area contributed by atoms with Crippen LogP contribution in [-0.4, -0.2) is 29.0 Å². The Morgan fingerprint density at radius 3 is 2.60 bits per heavy atom. The van der Waals surface area contributed by atoms with Crippen LogP contribution >= 0.6 is 11.8 Å². The number of rotatable bonds is 5. The van der Waals surface area contributed by atoms with Gasteiger partial charge in [-0.2, -0.15) is 5.26 Å². The van der Waals surface area contributed by atoms with Gasteiger partial charge in [0.05, 0.1) is 10.2 Å². The van der Waals surface area contributed by atoms with E-state index in [0.29, 0.717) is 11.3 Å². The monoisotopic (exact) mass is 422 g/mol. The fourth-order valence-corrected chi connectivity index (χ4v) is 4.36. The highest BCUT2D eigenvalue weighted by Gasteiger charge is 2.40. The second-order valence-electron chi connectivity index (χ2n) is 6.62. The summed E-state index contributed by atoms with van der Waals surface area (Å²) in [7, 11) is 1.42. The average Bonchev–Trinajstić information content (AvgIpc) is 3.05. The molecule has 0 spiro atoms. The van der Waals surface area contributed by atoms with Crippen LogP contribution in [0, 0.1) is 28.4 Å². The first-order valence-electron chi connectivity index (χ1n) is 9.02. The summed E-state index contributed by atoms with van der Waals surface area (Å²) >= 11 is 1.11. The van der Waals surface area contributed by atoms with E-state index in [-0.39, 0.29) is 28.6 Å². The van der Waals surface area contributed by atoms with Crippen LogP contribution in [0.15, 0.2) is 59.1 Å². The molecule has 1 fully saturated rings. The molecule has 30 heavy (non-hydrogen) atoms. The number of likely N-dealkylation sites (N-methyl/N-ethyl adjacent to an activating group) is 1. The highest BCUT2D eigenvalue weighted by Crippen LogP contribution is 2.42. The Hall–Kier alpha value is -3.64. The molecule has 1 aliphatic rings. The van der Waals surface area contributed by atoms with E-state index in [1.807, 2.05) is 25.1 Å². The molecular weight excluding hydrogens is 404 g/mol. The Labute approximate surface area is 177 Å². The molecule has 1 atom stereocenters. The topological polar surface area (TPSA) is 116 Å². The van der Waals surface area contributed by atoms with Crippen LogP contribution in [0.1, 0.15) is 11.1 Å². The van der Waals surface area contributed by atoms with Crippen LogP contribution in [0.2, 0.25) is 0 Å². The van der Waals surface area contributed by atoms with Crippen molar-refractivity contribution in [3.05, 3.63) is 80.4 Å². The number of nitro benzene ring substituents is 1. The summed E-state index contributed by atoms with van der Waals surface area (Å²) in [5, 5.41) is 22.7. The van der Waals surface area contributed by atoms with Gasteiger partial charge in [0.25, 0.3) is 11.6 Å². The van der Waals surface area contributed by atoms with Crippen LogP contribution in [0.5, 0.6) is 0 Å². The number of anilines is 1. The number of benzene rings is 2. The quantitative estimate of drug-likeness (QED) is 0.343. The fraction of sp³-hybridized carbons (Fsp3) is 0.190. The fourth-order valence-electron chi connectivity index (χ4n) is 3.05. The van der Waals surface area contributed by atoms with Gasteiger partial charge < -0.3 is 5.32 Å². The third-order valence-corrected chi connectivity index (χ3v) is 5.83. The summed E-state index contributed by atoms with van der Waals surface area (Å²) < 4.78 is 0. The highest BCUT2D eigenvalue weighted by atomic mass is 32.2. The molecule has 152 valence electrons. The van der Waals surface area contributed by atoms with Gasteiger partial charge in [0, 0.05) is 24.9 Å². The Morgan fingerprint density at radius 1 is 1.30 bits per heavy atom. The molecule has 1 N–H and O–H groups in total. The van der Waals surface area contributed by atoms with Crippen LogP contribution in [-0.2, 0) is 16.0 Å². The number of hydrogen-bond donors (Lipinski definition) is 1. The molecule has 9 heteroatoms. The first kappa shape index (κ1) is 21.1. The predicted octanol–water partition coefficient (Wildman–Crippen LogP) is 3.08. The van der Waals surface area contributed by atoms with Crippen molar-refractivity contribution in [1.82, 2.24) is 5.32 Å². The Bertz CT molecular complexity index is 1090. The summed E-state index contributed by atoms with van der Waals surface area (Å²) in [5.74, 6) is -0.872. The molecule has 2 aromatic rings. The Balaban J connectivity index is 2.03. The van der Waals surface area contributed by atoms with Crippen LogP contribution in [0.25, 0.3) is 0 Å². The molecule has 8 nitrogen and oxygen atoms in total. The van der Waals surface area contributed by atoms with E-state index in [1.54, 1.807) is 24.3 Å². The van der Waals surface area contributed by atoms with Gasteiger partial charge in [-0.3, -0.25) is 24.6 Å². The zero-order chi connectivity index (χ0) is 21.8. The zero-order valence-corrected chi connectivity index (χ0v) is 17.1. The highest BCUT2D eigenvalue weighted by molar-refractivity contribution is 8.05. The smallest absolute Gasteiger partial charge is 0.269 e. The summed E-state index contributed by atoms with van der Waals surface area (Å²) in [5.41, 5.74) is 1.96. The van der Waals surface area contributed by atoms with Gasteiger partial charge in [0.15, 0.2) is 0 Å². The number of hydrogen-bond acceptors (Lipinski definition) is 6. The molecule has 2 amide bonds. The number of nitriles is 1. The number of nitrogens with zero attached hydrogens (tertiary/aromatic N) is 3. The molecule has 0 bridgehead atoms. The normalized spacial score (nSPS) is 17.4. The van der Waals surface area contributed by atoms with E-state index >= 15 is 0 Å². The molecule has 1 heterocycles. The second-order valence-corrected chi connectivity index (χ2v) is 7.81. The van der Waals surface area contributed by atoms with Gasteiger partial charge in [0.1, 0.15) is 16.7 Å². The molecule has 0 radical (unpaired) electrons. The maximum atomic E-state index is 13.3. The first-order chi connectivity index (χ1) is 14.3. The van der Waals surface area contributed by atoms with Crippen molar-refractivity contribution in [2.75, 3.05) is 11.9 Å². The van der Waals surface area contributed by atoms with Crippen molar-refractivity contribution in [2.45, 2.75) is 18.6 Å². The number of nitro groups is 1.